The van der Waals surface area contributed by atoms with Gasteiger partial charge in [-0.05, 0) is 31.4 Å². The maximum Gasteiger partial charge on any atom is 0.240 e. The second-order valence-corrected chi connectivity index (χ2v) is 6.51. The van der Waals surface area contributed by atoms with Gasteiger partial charge in [-0.25, -0.2) is 17.5 Å². The minimum absolute atomic E-state index is 0.0320. The Kier molecular flexibility index (Phi) is 5.58. The van der Waals surface area contributed by atoms with E-state index >= 15 is 0 Å². The zero-order valence-corrected chi connectivity index (χ0v) is 11.8. The van der Waals surface area contributed by atoms with Crippen LogP contribution in [-0.4, -0.2) is 31.6 Å². The summed E-state index contributed by atoms with van der Waals surface area (Å²) in [5.41, 5.74) is -0.0320. The Morgan fingerprint density at radius 2 is 2.17 bits per heavy atom. The first kappa shape index (κ1) is 15.4. The fourth-order valence-electron chi connectivity index (χ4n) is 1.46. The lowest BCUT2D eigenvalue weighted by Crippen LogP contribution is -2.34. The van der Waals surface area contributed by atoms with Crippen LogP contribution in [0, 0.1) is 5.82 Å². The van der Waals surface area contributed by atoms with Gasteiger partial charge in [-0.2, -0.15) is 11.8 Å². The molecule has 0 heterocycles. The summed E-state index contributed by atoms with van der Waals surface area (Å²) in [5.74, 6) is 0.0291. The molecule has 0 aliphatic rings. The molecule has 18 heavy (non-hydrogen) atoms. The Hall–Kier alpha value is -0.630. The topological polar surface area (TPSA) is 66.4 Å². The van der Waals surface area contributed by atoms with Gasteiger partial charge in [-0.15, -0.1) is 0 Å². The normalized spacial score (nSPS) is 13.6. The number of halogens is 1. The smallest absolute Gasteiger partial charge is 0.240 e. The minimum atomic E-state index is -3.67. The van der Waals surface area contributed by atoms with Gasteiger partial charge in [0, 0.05) is 17.4 Å². The van der Waals surface area contributed by atoms with Crippen LogP contribution in [0.4, 0.5) is 4.39 Å². The van der Waals surface area contributed by atoms with Crippen molar-refractivity contribution in [2.75, 3.05) is 12.0 Å². The quantitative estimate of drug-likeness (QED) is 0.831. The molecule has 0 radical (unpaired) electrons. The van der Waals surface area contributed by atoms with Gasteiger partial charge in [0.05, 0.1) is 11.5 Å². The van der Waals surface area contributed by atoms with E-state index in [1.165, 1.54) is 17.8 Å². The zero-order chi connectivity index (χ0) is 13.8. The van der Waals surface area contributed by atoms with Crippen molar-refractivity contribution < 1.29 is 17.9 Å². The minimum Gasteiger partial charge on any atom is -0.392 e. The Bertz CT molecular complexity index is 505. The Labute approximate surface area is 111 Å². The van der Waals surface area contributed by atoms with E-state index in [0.717, 1.165) is 12.1 Å². The lowest BCUT2D eigenvalue weighted by Gasteiger charge is -2.13. The maximum atomic E-state index is 13.2. The molecule has 0 spiro atoms. The van der Waals surface area contributed by atoms with Gasteiger partial charge in [-0.1, -0.05) is 0 Å². The molecule has 0 fully saturated rings. The van der Waals surface area contributed by atoms with Crippen molar-refractivity contribution in [2.24, 2.45) is 0 Å². The highest BCUT2D eigenvalue weighted by Crippen LogP contribution is 2.15. The third-order valence-electron chi connectivity index (χ3n) is 2.27. The van der Waals surface area contributed by atoms with Crippen molar-refractivity contribution in [2.45, 2.75) is 24.5 Å². The molecule has 0 aliphatic carbocycles. The summed E-state index contributed by atoms with van der Waals surface area (Å²) >= 11 is 1.53. The van der Waals surface area contributed by atoms with E-state index < -0.39 is 22.4 Å². The number of hydrogen-bond acceptors (Lipinski definition) is 4. The Morgan fingerprint density at radius 1 is 1.50 bits per heavy atom. The number of benzene rings is 1. The molecule has 1 unspecified atom stereocenters. The average molecular weight is 293 g/mol. The molecule has 0 amide bonds. The molecule has 0 bridgehead atoms. The fourth-order valence-corrected chi connectivity index (χ4v) is 3.44. The number of nitrogens with one attached hydrogen (secondary N) is 1. The summed E-state index contributed by atoms with van der Waals surface area (Å²) < 4.78 is 39.6. The van der Waals surface area contributed by atoms with Crippen molar-refractivity contribution >= 4 is 21.8 Å². The van der Waals surface area contributed by atoms with Crippen molar-refractivity contribution in [3.63, 3.8) is 0 Å². The fraction of sp³-hybridized carbons (Fsp3) is 0.455. The molecule has 4 nitrogen and oxygen atoms in total. The maximum absolute atomic E-state index is 13.2. The number of rotatable bonds is 6. The van der Waals surface area contributed by atoms with Crippen LogP contribution in [0.1, 0.15) is 12.5 Å². The van der Waals surface area contributed by atoms with Crippen LogP contribution in [0.25, 0.3) is 0 Å². The van der Waals surface area contributed by atoms with Crippen LogP contribution < -0.4 is 4.72 Å². The molecule has 7 heteroatoms. The van der Waals surface area contributed by atoms with Crippen LogP contribution in [0.15, 0.2) is 23.1 Å². The van der Waals surface area contributed by atoms with Crippen LogP contribution in [0.3, 0.4) is 0 Å². The molecule has 0 aromatic heterocycles. The largest absolute Gasteiger partial charge is 0.392 e. The van der Waals surface area contributed by atoms with Gasteiger partial charge in [0.25, 0.3) is 0 Å². The number of hydrogen-bond donors (Lipinski definition) is 2. The van der Waals surface area contributed by atoms with E-state index in [2.05, 4.69) is 4.72 Å². The van der Waals surface area contributed by atoms with E-state index in [0.29, 0.717) is 5.75 Å². The number of aliphatic hydroxyl groups is 1. The molecule has 102 valence electrons. The number of sulfonamides is 1. The molecule has 1 rings (SSSR count). The highest BCUT2D eigenvalue weighted by atomic mass is 32.2. The van der Waals surface area contributed by atoms with E-state index in [9.17, 15) is 12.8 Å². The summed E-state index contributed by atoms with van der Waals surface area (Å²) in [5, 5.41) is 8.92. The van der Waals surface area contributed by atoms with Gasteiger partial charge in [0.1, 0.15) is 5.82 Å². The third-order valence-corrected chi connectivity index (χ3v) is 4.69. The standard InChI is InChI=1S/C11H16FNO3S2/c1-8(7-17-2)13-18(15,16)10-3-4-11(12)9(5-10)6-14/h3-5,8,13-14H,6-7H2,1-2H3. The molecule has 0 saturated heterocycles. The number of aliphatic hydroxyl groups excluding tert-OH is 1. The highest BCUT2D eigenvalue weighted by Gasteiger charge is 2.18. The Balaban J connectivity index is 2.98. The number of thioether (sulfide) groups is 1. The third kappa shape index (κ3) is 3.94. The van der Waals surface area contributed by atoms with Crippen LogP contribution in [-0.2, 0) is 16.6 Å². The first-order chi connectivity index (χ1) is 8.40. The van der Waals surface area contributed by atoms with Gasteiger partial charge < -0.3 is 5.11 Å². The summed E-state index contributed by atoms with van der Waals surface area (Å²) in [6.07, 6.45) is 1.88. The zero-order valence-electron chi connectivity index (χ0n) is 10.2. The average Bonchev–Trinajstić information content (AvgIpc) is 2.28. The Morgan fingerprint density at radius 3 is 2.72 bits per heavy atom. The van der Waals surface area contributed by atoms with Crippen molar-refractivity contribution in [1.82, 2.24) is 4.72 Å². The molecule has 0 saturated carbocycles. The molecule has 1 aromatic rings. The SMILES string of the molecule is CSCC(C)NS(=O)(=O)c1ccc(F)c(CO)c1. The lowest BCUT2D eigenvalue weighted by molar-refractivity contribution is 0.275. The predicted molar refractivity (Wildman–Crippen MR) is 70.5 cm³/mol. The summed E-state index contributed by atoms with van der Waals surface area (Å²) in [7, 11) is -3.67. The molecule has 1 aromatic carbocycles. The van der Waals surface area contributed by atoms with Gasteiger partial charge in [0.15, 0.2) is 0 Å². The van der Waals surface area contributed by atoms with Gasteiger partial charge in [-0.3, -0.25) is 0 Å². The second-order valence-electron chi connectivity index (χ2n) is 3.89. The van der Waals surface area contributed by atoms with Gasteiger partial charge >= 0.3 is 0 Å². The highest BCUT2D eigenvalue weighted by molar-refractivity contribution is 7.98. The molecule has 1 atom stereocenters. The van der Waals surface area contributed by atoms with Crippen molar-refractivity contribution in [3.8, 4) is 0 Å². The molecular formula is C11H16FNO3S2. The molecule has 2 N–H and O–H groups in total. The molecular weight excluding hydrogens is 277 g/mol. The van der Waals surface area contributed by atoms with E-state index in [1.54, 1.807) is 6.92 Å². The van der Waals surface area contributed by atoms with E-state index in [4.69, 9.17) is 5.11 Å². The van der Waals surface area contributed by atoms with Crippen LogP contribution in [0.2, 0.25) is 0 Å². The molecule has 0 aliphatic heterocycles. The van der Waals surface area contributed by atoms with Crippen molar-refractivity contribution in [3.05, 3.63) is 29.6 Å². The van der Waals surface area contributed by atoms with Crippen molar-refractivity contribution in [1.29, 1.82) is 0 Å². The van der Waals surface area contributed by atoms with Crippen LogP contribution in [0.5, 0.6) is 0 Å². The first-order valence-electron chi connectivity index (χ1n) is 5.31. The summed E-state index contributed by atoms with van der Waals surface area (Å²) in [6, 6.07) is 3.15. The summed E-state index contributed by atoms with van der Waals surface area (Å²) in [6.45, 7) is 1.22. The predicted octanol–water partition coefficient (Wildman–Crippen LogP) is 1.35. The van der Waals surface area contributed by atoms with E-state index in [1.807, 2.05) is 6.26 Å². The monoisotopic (exact) mass is 293 g/mol. The van der Waals surface area contributed by atoms with E-state index in [-0.39, 0.29) is 16.5 Å². The van der Waals surface area contributed by atoms with Gasteiger partial charge in [0.2, 0.25) is 10.0 Å². The lowest BCUT2D eigenvalue weighted by atomic mass is 10.2. The summed E-state index contributed by atoms with van der Waals surface area (Å²) in [4.78, 5) is -0.0408. The second kappa shape index (κ2) is 6.51. The first-order valence-corrected chi connectivity index (χ1v) is 8.19. The van der Waals surface area contributed by atoms with Crippen LogP contribution >= 0.6 is 11.8 Å².